The zero-order chi connectivity index (χ0) is 24.6. The third-order valence-corrected chi connectivity index (χ3v) is 8.92. The summed E-state index contributed by atoms with van der Waals surface area (Å²) < 4.78 is 0. The van der Waals surface area contributed by atoms with Crippen LogP contribution in [0.1, 0.15) is 49.7 Å². The fraction of sp³-hybridized carbons (Fsp3) is 0.667. The number of hydrogen-bond acceptors (Lipinski definition) is 6. The van der Waals surface area contributed by atoms with Crippen molar-refractivity contribution in [3.8, 4) is 6.07 Å². The Morgan fingerprint density at radius 1 is 1.09 bits per heavy atom. The van der Waals surface area contributed by atoms with Crippen LogP contribution in [0, 0.1) is 11.3 Å². The molecule has 4 fully saturated rings. The molecule has 4 aliphatic heterocycles. The zero-order valence-electron chi connectivity index (χ0n) is 21.1. The minimum Gasteiger partial charge on any atom is -0.348 e. The van der Waals surface area contributed by atoms with Crippen molar-refractivity contribution in [2.75, 3.05) is 46.8 Å². The highest BCUT2D eigenvalue weighted by Crippen LogP contribution is 2.34. The molecule has 35 heavy (non-hydrogen) atoms. The monoisotopic (exact) mass is 478 g/mol. The predicted molar refractivity (Wildman–Crippen MR) is 133 cm³/mol. The van der Waals surface area contributed by atoms with Gasteiger partial charge in [0.1, 0.15) is 6.04 Å². The third-order valence-electron chi connectivity index (χ3n) is 8.92. The molecule has 4 heterocycles. The predicted octanol–water partition coefficient (Wildman–Crippen LogP) is 1.41. The van der Waals surface area contributed by atoms with E-state index < -0.39 is 5.54 Å². The van der Waals surface area contributed by atoms with E-state index in [2.05, 4.69) is 40.2 Å². The van der Waals surface area contributed by atoms with Crippen LogP contribution in [0.15, 0.2) is 24.3 Å². The molecule has 0 saturated carbocycles. The Morgan fingerprint density at radius 2 is 1.77 bits per heavy atom. The van der Waals surface area contributed by atoms with Gasteiger partial charge in [-0.1, -0.05) is 12.1 Å². The van der Waals surface area contributed by atoms with Crippen LogP contribution in [0.5, 0.6) is 0 Å². The second-order valence-corrected chi connectivity index (χ2v) is 11.2. The topological polar surface area (TPSA) is 82.9 Å². The SMILES string of the molecule is CN1CCC(N(C)[C@H]2C[C@H]3C(=O)NC4(CCN(Cc5ccc(C#N)cc5)CC4)CC(=O)N3C2)CC1. The van der Waals surface area contributed by atoms with Gasteiger partial charge < -0.3 is 15.1 Å². The molecule has 1 aromatic carbocycles. The lowest BCUT2D eigenvalue weighted by Gasteiger charge is -2.41. The number of carbonyl (C=O) groups is 2. The Kier molecular flexibility index (Phi) is 6.84. The number of nitriles is 1. The number of nitrogens with one attached hydrogen (secondary N) is 1. The minimum atomic E-state index is -0.422. The molecule has 8 nitrogen and oxygen atoms in total. The highest BCUT2D eigenvalue weighted by atomic mass is 16.2. The van der Waals surface area contributed by atoms with Crippen molar-refractivity contribution in [2.45, 2.75) is 68.7 Å². The van der Waals surface area contributed by atoms with E-state index >= 15 is 0 Å². The average molecular weight is 479 g/mol. The maximum Gasteiger partial charge on any atom is 0.243 e. The Bertz CT molecular complexity index is 944. The van der Waals surface area contributed by atoms with Gasteiger partial charge in [-0.15, -0.1) is 0 Å². The van der Waals surface area contributed by atoms with Gasteiger partial charge in [-0.3, -0.25) is 19.4 Å². The molecule has 1 spiro atoms. The van der Waals surface area contributed by atoms with Crippen molar-refractivity contribution in [1.29, 1.82) is 5.26 Å². The lowest BCUT2D eigenvalue weighted by molar-refractivity contribution is -0.135. The van der Waals surface area contributed by atoms with Crippen LogP contribution < -0.4 is 5.32 Å². The zero-order valence-corrected chi connectivity index (χ0v) is 21.1. The van der Waals surface area contributed by atoms with Gasteiger partial charge in [0.05, 0.1) is 23.6 Å². The number of rotatable bonds is 4. The maximum absolute atomic E-state index is 13.4. The van der Waals surface area contributed by atoms with Crippen LogP contribution in [0.2, 0.25) is 0 Å². The maximum atomic E-state index is 13.4. The summed E-state index contributed by atoms with van der Waals surface area (Å²) in [6, 6.07) is 10.3. The Hall–Kier alpha value is -2.47. The quantitative estimate of drug-likeness (QED) is 0.705. The van der Waals surface area contributed by atoms with E-state index in [4.69, 9.17) is 5.26 Å². The number of nitrogens with zero attached hydrogens (tertiary/aromatic N) is 5. The minimum absolute atomic E-state index is 0.0377. The second kappa shape index (κ2) is 9.88. The molecular formula is C27H38N6O2. The first-order chi connectivity index (χ1) is 16.9. The van der Waals surface area contributed by atoms with Crippen molar-refractivity contribution in [1.82, 2.24) is 24.9 Å². The molecule has 188 valence electrons. The highest BCUT2D eigenvalue weighted by molar-refractivity contribution is 5.92. The standard InChI is InChI=1S/C27H38N6O2/c1-30-11-7-22(8-12-30)31(2)23-15-24-26(35)29-27(16-25(34)33(24)19-23)9-13-32(14-10-27)18-21-5-3-20(17-28)4-6-21/h3-6,22-24H,7-16,18-19H2,1-2H3,(H,29,35)/t23-,24-/m0/s1. The Balaban J connectivity index is 1.18. The van der Waals surface area contributed by atoms with E-state index in [9.17, 15) is 9.59 Å². The molecule has 1 N–H and O–H groups in total. The molecule has 2 amide bonds. The van der Waals surface area contributed by atoms with Gasteiger partial charge in [0.2, 0.25) is 11.8 Å². The van der Waals surface area contributed by atoms with Gasteiger partial charge in [-0.2, -0.15) is 5.26 Å². The fourth-order valence-electron chi connectivity index (χ4n) is 6.50. The number of amides is 2. The summed E-state index contributed by atoms with van der Waals surface area (Å²) in [6.45, 7) is 5.40. The smallest absolute Gasteiger partial charge is 0.243 e. The first kappa shape index (κ1) is 24.2. The second-order valence-electron chi connectivity index (χ2n) is 11.2. The van der Waals surface area contributed by atoms with Crippen molar-refractivity contribution < 1.29 is 9.59 Å². The Morgan fingerprint density at radius 3 is 2.43 bits per heavy atom. The van der Waals surface area contributed by atoms with Crippen LogP contribution in [0.25, 0.3) is 0 Å². The molecule has 4 saturated heterocycles. The van der Waals surface area contributed by atoms with E-state index in [0.717, 1.165) is 64.8 Å². The van der Waals surface area contributed by atoms with Crippen LogP contribution in [0.3, 0.4) is 0 Å². The molecule has 1 aromatic rings. The highest BCUT2D eigenvalue weighted by Gasteiger charge is 2.49. The molecular weight excluding hydrogens is 440 g/mol. The number of piperidine rings is 2. The van der Waals surface area contributed by atoms with Crippen molar-refractivity contribution in [2.24, 2.45) is 0 Å². The molecule has 8 heteroatoms. The van der Waals surface area contributed by atoms with Crippen LogP contribution in [-0.2, 0) is 16.1 Å². The van der Waals surface area contributed by atoms with Gasteiger partial charge in [-0.25, -0.2) is 0 Å². The molecule has 4 aliphatic rings. The molecule has 0 bridgehead atoms. The van der Waals surface area contributed by atoms with E-state index in [1.165, 1.54) is 5.56 Å². The van der Waals surface area contributed by atoms with Crippen molar-refractivity contribution in [3.05, 3.63) is 35.4 Å². The third kappa shape index (κ3) is 5.09. The number of likely N-dealkylation sites (N-methyl/N-ethyl adjacent to an activating group) is 1. The molecule has 0 unspecified atom stereocenters. The van der Waals surface area contributed by atoms with Crippen LogP contribution in [0.4, 0.5) is 0 Å². The van der Waals surface area contributed by atoms with E-state index in [0.29, 0.717) is 24.6 Å². The summed E-state index contributed by atoms with van der Waals surface area (Å²) in [5.41, 5.74) is 1.43. The summed E-state index contributed by atoms with van der Waals surface area (Å²) >= 11 is 0. The van der Waals surface area contributed by atoms with Gasteiger partial charge in [0, 0.05) is 38.3 Å². The largest absolute Gasteiger partial charge is 0.348 e. The number of likely N-dealkylation sites (tertiary alicyclic amines) is 2. The van der Waals surface area contributed by atoms with E-state index in [-0.39, 0.29) is 23.9 Å². The molecule has 5 rings (SSSR count). The fourth-order valence-corrected chi connectivity index (χ4v) is 6.50. The van der Waals surface area contributed by atoms with Crippen molar-refractivity contribution in [3.63, 3.8) is 0 Å². The summed E-state index contributed by atoms with van der Waals surface area (Å²) in [4.78, 5) is 35.8. The number of hydrogen-bond donors (Lipinski definition) is 1. The van der Waals surface area contributed by atoms with Crippen LogP contribution >= 0.6 is 0 Å². The lowest BCUT2D eigenvalue weighted by Crippen LogP contribution is -2.56. The summed E-state index contributed by atoms with van der Waals surface area (Å²) in [5.74, 6) is 0.170. The summed E-state index contributed by atoms with van der Waals surface area (Å²) in [6.07, 6.45) is 5.03. The first-order valence-corrected chi connectivity index (χ1v) is 13.1. The van der Waals surface area contributed by atoms with E-state index in [1.54, 1.807) is 0 Å². The lowest BCUT2D eigenvalue weighted by atomic mass is 9.83. The van der Waals surface area contributed by atoms with Gasteiger partial charge in [-0.05, 0) is 77.0 Å². The average Bonchev–Trinajstić information content (AvgIpc) is 3.29. The van der Waals surface area contributed by atoms with Crippen LogP contribution in [-0.4, -0.2) is 102 Å². The molecule has 0 radical (unpaired) electrons. The van der Waals surface area contributed by atoms with Crippen molar-refractivity contribution >= 4 is 11.8 Å². The Labute approximate surface area is 208 Å². The first-order valence-electron chi connectivity index (χ1n) is 13.1. The summed E-state index contributed by atoms with van der Waals surface area (Å²) in [7, 11) is 4.35. The number of carbonyl (C=O) groups excluding carboxylic acids is 2. The molecule has 2 atom stereocenters. The summed E-state index contributed by atoms with van der Waals surface area (Å²) in [5, 5.41) is 12.3. The normalized spacial score (nSPS) is 28.1. The van der Waals surface area contributed by atoms with Gasteiger partial charge >= 0.3 is 0 Å². The van der Waals surface area contributed by atoms with Gasteiger partial charge in [0.25, 0.3) is 0 Å². The molecule has 0 aromatic heterocycles. The van der Waals surface area contributed by atoms with E-state index in [1.807, 2.05) is 29.2 Å². The molecule has 0 aliphatic carbocycles. The number of fused-ring (bicyclic) bond motifs is 1. The number of benzene rings is 1. The van der Waals surface area contributed by atoms with Gasteiger partial charge in [0.15, 0.2) is 0 Å².